The van der Waals surface area contributed by atoms with Crippen molar-refractivity contribution in [1.29, 1.82) is 0 Å². The third-order valence-electron chi connectivity index (χ3n) is 3.27. The van der Waals surface area contributed by atoms with Crippen molar-refractivity contribution in [3.63, 3.8) is 0 Å². The van der Waals surface area contributed by atoms with Crippen molar-refractivity contribution in [1.82, 2.24) is 15.1 Å². The molecule has 0 saturated heterocycles. The molecule has 1 aromatic heterocycles. The van der Waals surface area contributed by atoms with Crippen LogP contribution in [0.2, 0.25) is 0 Å². The van der Waals surface area contributed by atoms with E-state index in [2.05, 4.69) is 41.9 Å². The van der Waals surface area contributed by atoms with Gasteiger partial charge in [-0.25, -0.2) is 0 Å². The molecule has 1 rings (SSSR count). The molecule has 0 radical (unpaired) electrons. The summed E-state index contributed by atoms with van der Waals surface area (Å²) in [7, 11) is 0. The average molecular weight is 237 g/mol. The van der Waals surface area contributed by atoms with Gasteiger partial charge in [0.05, 0.1) is 5.69 Å². The van der Waals surface area contributed by atoms with Gasteiger partial charge in [-0.1, -0.05) is 33.1 Å². The molecule has 0 bridgehead atoms. The van der Waals surface area contributed by atoms with E-state index in [1.807, 2.05) is 6.20 Å². The Morgan fingerprint density at radius 3 is 2.82 bits per heavy atom. The van der Waals surface area contributed by atoms with Crippen LogP contribution in [0.25, 0.3) is 0 Å². The number of hydrogen-bond donors (Lipinski definition) is 1. The maximum atomic E-state index is 4.39. The molecule has 0 fully saturated rings. The molecule has 98 valence electrons. The second-order valence-electron chi connectivity index (χ2n) is 4.76. The number of rotatable bonds is 9. The van der Waals surface area contributed by atoms with Crippen LogP contribution in [-0.2, 0) is 6.54 Å². The predicted molar refractivity (Wildman–Crippen MR) is 73.1 cm³/mol. The molecule has 3 heteroatoms. The number of hydrogen-bond acceptors (Lipinski definition) is 2. The standard InChI is InChI=1S/C14H27N3/c1-4-6-7-8-10-15-12-14-9-11-16-17(14)13(3)5-2/h9,11,13,15H,4-8,10,12H2,1-3H3/t13-/m1/s1. The largest absolute Gasteiger partial charge is 0.311 e. The van der Waals surface area contributed by atoms with Crippen molar-refractivity contribution in [2.45, 2.75) is 65.5 Å². The van der Waals surface area contributed by atoms with Crippen LogP contribution in [0.15, 0.2) is 12.3 Å². The van der Waals surface area contributed by atoms with Crippen LogP contribution in [0.4, 0.5) is 0 Å². The summed E-state index contributed by atoms with van der Waals surface area (Å²) in [6.07, 6.45) is 8.32. The summed E-state index contributed by atoms with van der Waals surface area (Å²) in [6, 6.07) is 2.62. The van der Waals surface area contributed by atoms with E-state index in [-0.39, 0.29) is 0 Å². The summed E-state index contributed by atoms with van der Waals surface area (Å²) >= 11 is 0. The second kappa shape index (κ2) is 8.29. The molecule has 1 heterocycles. The number of aromatic nitrogens is 2. The fraction of sp³-hybridized carbons (Fsp3) is 0.786. The molecule has 0 amide bonds. The first-order valence-electron chi connectivity index (χ1n) is 7.02. The van der Waals surface area contributed by atoms with Crippen LogP contribution in [0, 0.1) is 0 Å². The Morgan fingerprint density at radius 2 is 2.12 bits per heavy atom. The number of unbranched alkanes of at least 4 members (excludes halogenated alkanes) is 3. The van der Waals surface area contributed by atoms with Crippen LogP contribution in [0.3, 0.4) is 0 Å². The zero-order valence-electron chi connectivity index (χ0n) is 11.6. The monoisotopic (exact) mass is 237 g/mol. The lowest BCUT2D eigenvalue weighted by molar-refractivity contribution is 0.450. The molecule has 0 spiro atoms. The fourth-order valence-electron chi connectivity index (χ4n) is 1.94. The predicted octanol–water partition coefficient (Wildman–Crippen LogP) is 3.52. The molecule has 3 nitrogen and oxygen atoms in total. The van der Waals surface area contributed by atoms with E-state index in [0.29, 0.717) is 6.04 Å². The molecule has 0 aliphatic heterocycles. The molecule has 0 aliphatic carbocycles. The molecule has 0 aliphatic rings. The highest BCUT2D eigenvalue weighted by molar-refractivity contribution is 5.01. The van der Waals surface area contributed by atoms with E-state index in [4.69, 9.17) is 0 Å². The van der Waals surface area contributed by atoms with Crippen molar-refractivity contribution >= 4 is 0 Å². The van der Waals surface area contributed by atoms with Crippen LogP contribution in [0.5, 0.6) is 0 Å². The second-order valence-corrected chi connectivity index (χ2v) is 4.76. The van der Waals surface area contributed by atoms with Crippen molar-refractivity contribution in [3.05, 3.63) is 18.0 Å². The Morgan fingerprint density at radius 1 is 1.29 bits per heavy atom. The van der Waals surface area contributed by atoms with Crippen LogP contribution >= 0.6 is 0 Å². The van der Waals surface area contributed by atoms with Crippen LogP contribution in [0.1, 0.15) is 64.6 Å². The Bertz CT molecular complexity index is 293. The van der Waals surface area contributed by atoms with E-state index in [1.165, 1.54) is 31.4 Å². The topological polar surface area (TPSA) is 29.9 Å². The Hall–Kier alpha value is -0.830. The lowest BCUT2D eigenvalue weighted by Crippen LogP contribution is -2.19. The Kier molecular flexibility index (Phi) is 6.94. The minimum Gasteiger partial charge on any atom is -0.311 e. The minimum absolute atomic E-state index is 0.502. The van der Waals surface area contributed by atoms with Crippen molar-refractivity contribution in [2.24, 2.45) is 0 Å². The smallest absolute Gasteiger partial charge is 0.0525 e. The molecule has 1 aromatic rings. The highest BCUT2D eigenvalue weighted by Gasteiger charge is 2.07. The molecular weight excluding hydrogens is 210 g/mol. The van der Waals surface area contributed by atoms with E-state index in [1.54, 1.807) is 0 Å². The van der Waals surface area contributed by atoms with Gasteiger partial charge < -0.3 is 5.32 Å². The average Bonchev–Trinajstić information content (AvgIpc) is 2.81. The SMILES string of the molecule is CCCCCCNCc1ccnn1[C@H](C)CC. The summed E-state index contributed by atoms with van der Waals surface area (Å²) in [6.45, 7) is 8.73. The third kappa shape index (κ3) is 4.90. The summed E-state index contributed by atoms with van der Waals surface area (Å²) in [5, 5.41) is 7.90. The van der Waals surface area contributed by atoms with Crippen molar-refractivity contribution in [3.8, 4) is 0 Å². The summed E-state index contributed by atoms with van der Waals surface area (Å²) in [4.78, 5) is 0. The van der Waals surface area contributed by atoms with Crippen molar-refractivity contribution in [2.75, 3.05) is 6.54 Å². The first kappa shape index (κ1) is 14.2. The summed E-state index contributed by atoms with van der Waals surface area (Å²) < 4.78 is 2.14. The van der Waals surface area contributed by atoms with Gasteiger partial charge in [0.25, 0.3) is 0 Å². The maximum Gasteiger partial charge on any atom is 0.0525 e. The minimum atomic E-state index is 0.502. The van der Waals surface area contributed by atoms with Gasteiger partial charge in [0.1, 0.15) is 0 Å². The molecule has 1 atom stereocenters. The fourth-order valence-corrected chi connectivity index (χ4v) is 1.94. The van der Waals surface area contributed by atoms with Gasteiger partial charge in [0, 0.05) is 18.8 Å². The normalized spacial score (nSPS) is 12.9. The number of nitrogens with zero attached hydrogens (tertiary/aromatic N) is 2. The van der Waals surface area contributed by atoms with Gasteiger partial charge in [0.15, 0.2) is 0 Å². The highest BCUT2D eigenvalue weighted by atomic mass is 15.3. The van der Waals surface area contributed by atoms with E-state index in [9.17, 15) is 0 Å². The molecule has 0 unspecified atom stereocenters. The summed E-state index contributed by atoms with van der Waals surface area (Å²) in [5.41, 5.74) is 1.30. The first-order chi connectivity index (χ1) is 8.29. The third-order valence-corrected chi connectivity index (χ3v) is 3.27. The zero-order chi connectivity index (χ0) is 12.5. The van der Waals surface area contributed by atoms with Gasteiger partial charge in [-0.3, -0.25) is 4.68 Å². The molecule has 1 N–H and O–H groups in total. The van der Waals surface area contributed by atoms with Gasteiger partial charge in [-0.05, 0) is 32.4 Å². The lowest BCUT2D eigenvalue weighted by Gasteiger charge is -2.14. The Balaban J connectivity index is 2.24. The molecule has 0 aromatic carbocycles. The van der Waals surface area contributed by atoms with Gasteiger partial charge in [-0.2, -0.15) is 5.10 Å². The molecule has 17 heavy (non-hydrogen) atoms. The molecular formula is C14H27N3. The van der Waals surface area contributed by atoms with E-state index < -0.39 is 0 Å². The van der Waals surface area contributed by atoms with Gasteiger partial charge in [0.2, 0.25) is 0 Å². The molecule has 0 saturated carbocycles. The number of nitrogens with one attached hydrogen (secondary N) is 1. The van der Waals surface area contributed by atoms with E-state index >= 15 is 0 Å². The Labute approximate surface area is 106 Å². The first-order valence-corrected chi connectivity index (χ1v) is 7.02. The maximum absolute atomic E-state index is 4.39. The quantitative estimate of drug-likeness (QED) is 0.666. The van der Waals surface area contributed by atoms with Crippen LogP contribution in [-0.4, -0.2) is 16.3 Å². The zero-order valence-corrected chi connectivity index (χ0v) is 11.6. The lowest BCUT2D eigenvalue weighted by atomic mass is 10.2. The van der Waals surface area contributed by atoms with Crippen molar-refractivity contribution < 1.29 is 0 Å². The van der Waals surface area contributed by atoms with E-state index in [0.717, 1.165) is 19.5 Å². The summed E-state index contributed by atoms with van der Waals surface area (Å²) in [5.74, 6) is 0. The van der Waals surface area contributed by atoms with Gasteiger partial charge in [-0.15, -0.1) is 0 Å². The van der Waals surface area contributed by atoms with Crippen LogP contribution < -0.4 is 5.32 Å². The van der Waals surface area contributed by atoms with Gasteiger partial charge >= 0.3 is 0 Å². The highest BCUT2D eigenvalue weighted by Crippen LogP contribution is 2.11.